The van der Waals surface area contributed by atoms with Crippen molar-refractivity contribution in [2.75, 3.05) is 13.1 Å². The average molecular weight is 301 g/mol. The predicted molar refractivity (Wildman–Crippen MR) is 82.7 cm³/mol. The Hall–Kier alpha value is -2.21. The highest BCUT2D eigenvalue weighted by atomic mass is 16.3. The number of hydrogen-bond donors (Lipinski definition) is 2. The lowest BCUT2D eigenvalue weighted by atomic mass is 9.98. The number of fused-ring (bicyclic) bond motifs is 1. The Morgan fingerprint density at radius 1 is 1.32 bits per heavy atom. The van der Waals surface area contributed by atoms with Crippen molar-refractivity contribution in [1.29, 1.82) is 0 Å². The molecular weight excluding hydrogens is 282 g/mol. The first kappa shape index (κ1) is 14.7. The smallest absolute Gasteiger partial charge is 0.346 e. The number of aromatic amines is 1. The van der Waals surface area contributed by atoms with Gasteiger partial charge in [-0.2, -0.15) is 4.98 Å². The van der Waals surface area contributed by atoms with Crippen molar-refractivity contribution in [3.05, 3.63) is 40.4 Å². The molecule has 1 saturated heterocycles. The van der Waals surface area contributed by atoms with Crippen molar-refractivity contribution in [2.45, 2.75) is 31.8 Å². The van der Waals surface area contributed by atoms with Crippen LogP contribution >= 0.6 is 0 Å². The summed E-state index contributed by atoms with van der Waals surface area (Å²) in [5.41, 5.74) is -0.476. The van der Waals surface area contributed by atoms with Gasteiger partial charge in [0.25, 0.3) is 5.91 Å². The first-order valence-corrected chi connectivity index (χ1v) is 7.47. The molecule has 2 aromatic rings. The number of H-pyrrole nitrogens is 1. The van der Waals surface area contributed by atoms with Gasteiger partial charge in [0.15, 0.2) is 0 Å². The van der Waals surface area contributed by atoms with Crippen LogP contribution in [-0.4, -0.2) is 44.6 Å². The molecule has 0 saturated carbocycles. The Bertz CT molecular complexity index is 767. The molecule has 3 rings (SSSR count). The maximum atomic E-state index is 12.8. The van der Waals surface area contributed by atoms with Crippen LogP contribution in [0.5, 0.6) is 0 Å². The van der Waals surface area contributed by atoms with Crippen molar-refractivity contribution < 1.29 is 9.90 Å². The fourth-order valence-corrected chi connectivity index (χ4v) is 2.88. The number of nitrogens with zero attached hydrogens (tertiary/aromatic N) is 2. The summed E-state index contributed by atoms with van der Waals surface area (Å²) in [6.07, 6.45) is 1.93. The summed E-state index contributed by atoms with van der Waals surface area (Å²) in [7, 11) is 0. The van der Waals surface area contributed by atoms with Crippen LogP contribution in [0.2, 0.25) is 0 Å². The summed E-state index contributed by atoms with van der Waals surface area (Å²) in [6, 6.07) is 7.14. The first-order valence-electron chi connectivity index (χ1n) is 7.47. The Kier molecular flexibility index (Phi) is 3.70. The second kappa shape index (κ2) is 5.53. The monoisotopic (exact) mass is 301 g/mol. The van der Waals surface area contributed by atoms with Gasteiger partial charge in [-0.3, -0.25) is 4.79 Å². The fraction of sp³-hybridized carbons (Fsp3) is 0.438. The number of aromatic nitrogens is 2. The van der Waals surface area contributed by atoms with Gasteiger partial charge in [0.2, 0.25) is 0 Å². The zero-order chi connectivity index (χ0) is 15.7. The van der Waals surface area contributed by atoms with Crippen molar-refractivity contribution >= 4 is 16.8 Å². The van der Waals surface area contributed by atoms with Gasteiger partial charge in [0.1, 0.15) is 5.69 Å². The largest absolute Gasteiger partial charge is 0.390 e. The molecular formula is C16H19N3O3. The fourth-order valence-electron chi connectivity index (χ4n) is 2.88. The molecule has 0 bridgehead atoms. The number of rotatable bonds is 1. The summed E-state index contributed by atoms with van der Waals surface area (Å²) in [5, 5.41) is 10.8. The first-order chi connectivity index (χ1) is 10.5. The van der Waals surface area contributed by atoms with Crippen LogP contribution in [0.15, 0.2) is 29.1 Å². The van der Waals surface area contributed by atoms with Crippen molar-refractivity contribution in [3.63, 3.8) is 0 Å². The standard InChI is InChI=1S/C16H19N3O3/c1-16(22)7-4-9-19(10-8-16)14(20)13-11-5-2-3-6-12(11)17-15(21)18-13/h2-3,5-6,22H,4,7-10H2,1H3,(H,17,18,21). The molecule has 1 aliphatic rings. The lowest BCUT2D eigenvalue weighted by Crippen LogP contribution is -2.35. The zero-order valence-electron chi connectivity index (χ0n) is 12.5. The highest BCUT2D eigenvalue weighted by Crippen LogP contribution is 2.23. The van der Waals surface area contributed by atoms with E-state index in [0.717, 1.165) is 6.42 Å². The Balaban J connectivity index is 1.97. The van der Waals surface area contributed by atoms with Crippen molar-refractivity contribution in [1.82, 2.24) is 14.9 Å². The summed E-state index contributed by atoms with van der Waals surface area (Å²) >= 11 is 0. The Morgan fingerprint density at radius 3 is 2.91 bits per heavy atom. The number of carbonyl (C=O) groups excluding carboxylic acids is 1. The lowest BCUT2D eigenvalue weighted by Gasteiger charge is -2.22. The van der Waals surface area contributed by atoms with E-state index < -0.39 is 11.3 Å². The summed E-state index contributed by atoms with van der Waals surface area (Å²) in [4.78, 5) is 32.6. The highest BCUT2D eigenvalue weighted by molar-refractivity contribution is 6.04. The quantitative estimate of drug-likeness (QED) is 0.831. The van der Waals surface area contributed by atoms with Crippen LogP contribution in [0.1, 0.15) is 36.7 Å². The minimum Gasteiger partial charge on any atom is -0.390 e. The maximum Gasteiger partial charge on any atom is 0.346 e. The van der Waals surface area contributed by atoms with Crippen molar-refractivity contribution in [2.24, 2.45) is 0 Å². The minimum atomic E-state index is -0.737. The van der Waals surface area contributed by atoms with E-state index in [1.807, 2.05) is 6.07 Å². The number of nitrogens with one attached hydrogen (secondary N) is 1. The van der Waals surface area contributed by atoms with Gasteiger partial charge in [-0.1, -0.05) is 18.2 Å². The van der Waals surface area contributed by atoms with Crippen LogP contribution in [0.25, 0.3) is 10.9 Å². The third-order valence-corrected chi connectivity index (χ3v) is 4.19. The molecule has 1 amide bonds. The second-order valence-electron chi connectivity index (χ2n) is 6.08. The molecule has 0 spiro atoms. The van der Waals surface area contributed by atoms with E-state index in [0.29, 0.717) is 36.8 Å². The van der Waals surface area contributed by atoms with Gasteiger partial charge >= 0.3 is 5.69 Å². The van der Waals surface area contributed by atoms with Crippen LogP contribution in [-0.2, 0) is 0 Å². The SMILES string of the molecule is CC1(O)CCCN(C(=O)c2nc(=O)[nH]c3ccccc23)CC1. The molecule has 1 aromatic carbocycles. The van der Waals surface area contributed by atoms with Gasteiger partial charge in [0, 0.05) is 18.5 Å². The molecule has 6 heteroatoms. The number of hydrogen-bond acceptors (Lipinski definition) is 4. The molecule has 1 fully saturated rings. The predicted octanol–water partition coefficient (Wildman–Crippen LogP) is 1.30. The van der Waals surface area contributed by atoms with Crippen molar-refractivity contribution in [3.8, 4) is 0 Å². The summed E-state index contributed by atoms with van der Waals surface area (Å²) < 4.78 is 0. The average Bonchev–Trinajstić information content (AvgIpc) is 2.66. The maximum absolute atomic E-state index is 12.8. The Morgan fingerprint density at radius 2 is 2.09 bits per heavy atom. The van der Waals surface area contributed by atoms with Gasteiger partial charge < -0.3 is 15.0 Å². The lowest BCUT2D eigenvalue weighted by molar-refractivity contribution is 0.0437. The van der Waals surface area contributed by atoms with Crippen LogP contribution < -0.4 is 5.69 Å². The number of aliphatic hydroxyl groups is 1. The van der Waals surface area contributed by atoms with Crippen LogP contribution in [0, 0.1) is 0 Å². The molecule has 2 N–H and O–H groups in total. The molecule has 116 valence electrons. The minimum absolute atomic E-state index is 0.181. The topological polar surface area (TPSA) is 86.3 Å². The molecule has 22 heavy (non-hydrogen) atoms. The van der Waals surface area contributed by atoms with Gasteiger partial charge in [-0.25, -0.2) is 4.79 Å². The molecule has 2 heterocycles. The summed E-state index contributed by atoms with van der Waals surface area (Å²) in [5.74, 6) is -0.250. The van der Waals surface area contributed by atoms with E-state index in [2.05, 4.69) is 9.97 Å². The molecule has 6 nitrogen and oxygen atoms in total. The third kappa shape index (κ3) is 2.87. The molecule has 1 aromatic heterocycles. The van der Waals surface area contributed by atoms with E-state index in [1.54, 1.807) is 30.0 Å². The zero-order valence-corrected chi connectivity index (χ0v) is 12.5. The van der Waals surface area contributed by atoms with Gasteiger partial charge in [-0.05, 0) is 32.3 Å². The molecule has 1 aliphatic heterocycles. The van der Waals surface area contributed by atoms with Gasteiger partial charge in [-0.15, -0.1) is 0 Å². The highest BCUT2D eigenvalue weighted by Gasteiger charge is 2.28. The molecule has 0 radical (unpaired) electrons. The van der Waals surface area contributed by atoms with E-state index in [1.165, 1.54) is 0 Å². The van der Waals surface area contributed by atoms with Crippen LogP contribution in [0.4, 0.5) is 0 Å². The number of likely N-dealkylation sites (tertiary alicyclic amines) is 1. The molecule has 1 unspecified atom stereocenters. The third-order valence-electron chi connectivity index (χ3n) is 4.19. The van der Waals surface area contributed by atoms with Crippen LogP contribution in [0.3, 0.4) is 0 Å². The van der Waals surface area contributed by atoms with E-state index in [9.17, 15) is 14.7 Å². The number of amides is 1. The Labute approximate surface area is 127 Å². The second-order valence-corrected chi connectivity index (χ2v) is 6.08. The number of carbonyl (C=O) groups is 1. The normalized spacial score (nSPS) is 22.5. The molecule has 1 atom stereocenters. The molecule has 0 aliphatic carbocycles. The van der Waals surface area contributed by atoms with E-state index in [-0.39, 0.29) is 11.6 Å². The number of para-hydroxylation sites is 1. The summed E-state index contributed by atoms with van der Waals surface area (Å²) in [6.45, 7) is 2.83. The van der Waals surface area contributed by atoms with E-state index in [4.69, 9.17) is 0 Å². The van der Waals surface area contributed by atoms with Gasteiger partial charge in [0.05, 0.1) is 11.1 Å². The van der Waals surface area contributed by atoms with E-state index >= 15 is 0 Å². The number of benzene rings is 1.